The molecule has 0 aliphatic carbocycles. The second-order valence-electron chi connectivity index (χ2n) is 7.12. The molecular formula is C23H28N4O. The van der Waals surface area contributed by atoms with E-state index in [1.165, 1.54) is 6.92 Å². The van der Waals surface area contributed by atoms with Gasteiger partial charge in [-0.15, -0.1) is 0 Å². The van der Waals surface area contributed by atoms with Crippen molar-refractivity contribution >= 4 is 22.6 Å². The molecule has 5 heteroatoms. The highest BCUT2D eigenvalue weighted by molar-refractivity contribution is 5.89. The summed E-state index contributed by atoms with van der Waals surface area (Å²) >= 11 is 0. The van der Waals surface area contributed by atoms with E-state index < -0.39 is 0 Å². The molecule has 28 heavy (non-hydrogen) atoms. The number of benzene rings is 1. The average molecular weight is 377 g/mol. The van der Waals surface area contributed by atoms with Gasteiger partial charge in [0.05, 0.1) is 11.2 Å². The molecule has 5 nitrogen and oxygen atoms in total. The Labute approximate surface area is 166 Å². The van der Waals surface area contributed by atoms with Crippen molar-refractivity contribution in [2.75, 3.05) is 5.32 Å². The molecule has 0 aliphatic rings. The number of nitrogens with zero attached hydrogens (tertiary/aromatic N) is 3. The summed E-state index contributed by atoms with van der Waals surface area (Å²) in [6.45, 7) is 8.04. The summed E-state index contributed by atoms with van der Waals surface area (Å²) in [5, 5.41) is 3.83. The van der Waals surface area contributed by atoms with Gasteiger partial charge in [0.25, 0.3) is 0 Å². The van der Waals surface area contributed by atoms with Crippen molar-refractivity contribution in [2.45, 2.75) is 59.3 Å². The van der Waals surface area contributed by atoms with Crippen LogP contribution in [0, 0.1) is 0 Å². The molecule has 0 saturated heterocycles. The van der Waals surface area contributed by atoms with E-state index in [1.807, 2.05) is 12.1 Å². The molecule has 0 aliphatic heterocycles. The number of amides is 1. The summed E-state index contributed by atoms with van der Waals surface area (Å²) < 4.78 is 0. The Morgan fingerprint density at radius 2 is 1.86 bits per heavy atom. The summed E-state index contributed by atoms with van der Waals surface area (Å²) in [5.41, 5.74) is 4.15. The van der Waals surface area contributed by atoms with Gasteiger partial charge < -0.3 is 5.32 Å². The molecule has 0 spiro atoms. The van der Waals surface area contributed by atoms with Gasteiger partial charge in [0, 0.05) is 24.4 Å². The Kier molecular flexibility index (Phi) is 6.34. The molecule has 0 saturated carbocycles. The summed E-state index contributed by atoms with van der Waals surface area (Å²) in [6, 6.07) is 10.1. The number of aryl methyl sites for hydroxylation is 1. The largest absolute Gasteiger partial charge is 0.311 e. The second-order valence-corrected chi connectivity index (χ2v) is 7.12. The number of nitrogens with one attached hydrogen (secondary N) is 1. The first-order valence-corrected chi connectivity index (χ1v) is 10.1. The van der Waals surface area contributed by atoms with Crippen molar-refractivity contribution in [3.8, 4) is 11.1 Å². The molecule has 1 N–H and O–H groups in total. The number of rotatable bonds is 7. The van der Waals surface area contributed by atoms with Crippen LogP contribution in [0.2, 0.25) is 0 Å². The molecule has 2 aromatic heterocycles. The maximum absolute atomic E-state index is 11.3. The molecule has 1 unspecified atom stereocenters. The van der Waals surface area contributed by atoms with Crippen LogP contribution in [0.15, 0.2) is 36.5 Å². The molecule has 3 aromatic rings. The van der Waals surface area contributed by atoms with Crippen LogP contribution in [0.1, 0.15) is 64.4 Å². The van der Waals surface area contributed by atoms with Crippen LogP contribution >= 0.6 is 0 Å². The normalized spacial score (nSPS) is 12.1. The van der Waals surface area contributed by atoms with Crippen molar-refractivity contribution in [2.24, 2.45) is 0 Å². The third-order valence-corrected chi connectivity index (χ3v) is 5.02. The van der Waals surface area contributed by atoms with Crippen molar-refractivity contribution in [1.29, 1.82) is 0 Å². The minimum atomic E-state index is -0.130. The van der Waals surface area contributed by atoms with E-state index in [0.717, 1.165) is 59.2 Å². The quantitative estimate of drug-likeness (QED) is 0.591. The zero-order valence-corrected chi connectivity index (χ0v) is 17.1. The Morgan fingerprint density at radius 3 is 2.54 bits per heavy atom. The molecule has 2 heterocycles. The number of aromatic nitrogens is 3. The Bertz CT molecular complexity index is 983. The number of pyridine rings is 1. The summed E-state index contributed by atoms with van der Waals surface area (Å²) in [5.74, 6) is 1.81. The topological polar surface area (TPSA) is 67.8 Å². The van der Waals surface area contributed by atoms with E-state index in [4.69, 9.17) is 9.97 Å². The van der Waals surface area contributed by atoms with E-state index in [9.17, 15) is 4.79 Å². The van der Waals surface area contributed by atoms with Crippen molar-refractivity contribution in [3.05, 3.63) is 48.0 Å². The number of carbonyl (C=O) groups is 1. The highest BCUT2D eigenvalue weighted by Gasteiger charge is 2.15. The number of hydrogen-bond acceptors (Lipinski definition) is 4. The van der Waals surface area contributed by atoms with Gasteiger partial charge in [-0.2, -0.15) is 0 Å². The second kappa shape index (κ2) is 8.91. The lowest BCUT2D eigenvalue weighted by atomic mass is 9.98. The minimum Gasteiger partial charge on any atom is -0.311 e. The first-order valence-electron chi connectivity index (χ1n) is 10.1. The van der Waals surface area contributed by atoms with Crippen LogP contribution in [0.3, 0.4) is 0 Å². The molecule has 1 aromatic carbocycles. The predicted molar refractivity (Wildman–Crippen MR) is 114 cm³/mol. The molecule has 0 radical (unpaired) electrons. The molecule has 0 fully saturated rings. The van der Waals surface area contributed by atoms with E-state index in [1.54, 1.807) is 6.20 Å². The van der Waals surface area contributed by atoms with Crippen LogP contribution in [-0.4, -0.2) is 20.9 Å². The zero-order chi connectivity index (χ0) is 20.1. The smallest absolute Gasteiger partial charge is 0.222 e. The summed E-state index contributed by atoms with van der Waals surface area (Å²) in [6.07, 6.45) is 5.89. The van der Waals surface area contributed by atoms with Gasteiger partial charge in [0.1, 0.15) is 11.6 Å². The number of fused-ring (bicyclic) bond motifs is 1. The molecule has 0 bridgehead atoms. The lowest BCUT2D eigenvalue weighted by molar-refractivity contribution is -0.114. The standard InChI is InChI=1S/C23H28N4O/c1-5-8-16(6-2)23-26-20(7-3)19-13-17(9-10-21(19)27-23)18-11-12-24-22(14-18)25-15(4)28/h9-14,16H,5-8H2,1-4H3,(H,24,25,28). The number of carbonyl (C=O) groups excluding carboxylic acids is 1. The van der Waals surface area contributed by atoms with Gasteiger partial charge >= 0.3 is 0 Å². The molecule has 146 valence electrons. The summed E-state index contributed by atoms with van der Waals surface area (Å²) in [4.78, 5) is 25.3. The lowest BCUT2D eigenvalue weighted by Crippen LogP contribution is -2.07. The van der Waals surface area contributed by atoms with Crippen LogP contribution < -0.4 is 5.32 Å². The third kappa shape index (κ3) is 4.35. The SMILES string of the molecule is CCCC(CC)c1nc(CC)c2cc(-c3ccnc(NC(C)=O)c3)ccc2n1. The van der Waals surface area contributed by atoms with Gasteiger partial charge in [-0.25, -0.2) is 15.0 Å². The Hall–Kier alpha value is -2.82. The fourth-order valence-corrected chi connectivity index (χ4v) is 3.57. The van der Waals surface area contributed by atoms with E-state index in [-0.39, 0.29) is 5.91 Å². The first kappa shape index (κ1) is 19.9. The molecule has 1 amide bonds. The van der Waals surface area contributed by atoms with E-state index in [0.29, 0.717) is 11.7 Å². The van der Waals surface area contributed by atoms with Gasteiger partial charge in [0.2, 0.25) is 5.91 Å². The van der Waals surface area contributed by atoms with Gasteiger partial charge in [-0.3, -0.25) is 4.79 Å². The van der Waals surface area contributed by atoms with Crippen LogP contribution in [-0.2, 0) is 11.2 Å². The monoisotopic (exact) mass is 376 g/mol. The van der Waals surface area contributed by atoms with E-state index >= 15 is 0 Å². The lowest BCUT2D eigenvalue weighted by Gasteiger charge is -2.15. The summed E-state index contributed by atoms with van der Waals surface area (Å²) in [7, 11) is 0. The Morgan fingerprint density at radius 1 is 1.07 bits per heavy atom. The molecule has 3 rings (SSSR count). The van der Waals surface area contributed by atoms with E-state index in [2.05, 4.69) is 49.3 Å². The fourth-order valence-electron chi connectivity index (χ4n) is 3.57. The van der Waals surface area contributed by atoms with Crippen molar-refractivity contribution < 1.29 is 4.79 Å². The van der Waals surface area contributed by atoms with Gasteiger partial charge in [0.15, 0.2) is 0 Å². The predicted octanol–water partition coefficient (Wildman–Crippen LogP) is 5.51. The Balaban J connectivity index is 2.05. The van der Waals surface area contributed by atoms with Crippen LogP contribution in [0.5, 0.6) is 0 Å². The van der Waals surface area contributed by atoms with Crippen molar-refractivity contribution in [3.63, 3.8) is 0 Å². The maximum atomic E-state index is 11.3. The molecular weight excluding hydrogens is 348 g/mol. The van der Waals surface area contributed by atoms with Gasteiger partial charge in [-0.1, -0.05) is 33.3 Å². The van der Waals surface area contributed by atoms with Crippen LogP contribution in [0.25, 0.3) is 22.0 Å². The number of hydrogen-bond donors (Lipinski definition) is 1. The highest BCUT2D eigenvalue weighted by Crippen LogP contribution is 2.29. The maximum Gasteiger partial charge on any atom is 0.222 e. The zero-order valence-electron chi connectivity index (χ0n) is 17.1. The van der Waals surface area contributed by atoms with Crippen molar-refractivity contribution in [1.82, 2.24) is 15.0 Å². The average Bonchev–Trinajstić information content (AvgIpc) is 2.70. The van der Waals surface area contributed by atoms with Gasteiger partial charge in [-0.05, 0) is 54.7 Å². The van der Waals surface area contributed by atoms with Crippen LogP contribution in [0.4, 0.5) is 5.82 Å². The number of anilines is 1. The fraction of sp³-hybridized carbons (Fsp3) is 0.391. The molecule has 1 atom stereocenters. The third-order valence-electron chi connectivity index (χ3n) is 5.02. The minimum absolute atomic E-state index is 0.130. The first-order chi connectivity index (χ1) is 13.5. The highest BCUT2D eigenvalue weighted by atomic mass is 16.1.